The summed E-state index contributed by atoms with van der Waals surface area (Å²) in [4.78, 5) is 12.9. The molecule has 1 aromatic heterocycles. The van der Waals surface area contributed by atoms with E-state index in [0.717, 1.165) is 32.1 Å². The summed E-state index contributed by atoms with van der Waals surface area (Å²) < 4.78 is 24.0. The van der Waals surface area contributed by atoms with Gasteiger partial charge in [0.15, 0.2) is 9.84 Å². The molecule has 0 saturated heterocycles. The van der Waals surface area contributed by atoms with Crippen molar-refractivity contribution in [2.24, 2.45) is 0 Å². The molecule has 0 radical (unpaired) electrons. The largest absolute Gasteiger partial charge is 0.356 e. The molecule has 0 atom stereocenters. The van der Waals surface area contributed by atoms with Gasteiger partial charge in [-0.25, -0.2) is 8.42 Å². The van der Waals surface area contributed by atoms with Crippen molar-refractivity contribution >= 4 is 27.1 Å². The Kier molecular flexibility index (Phi) is 5.60. The Morgan fingerprint density at radius 3 is 2.75 bits per heavy atom. The highest BCUT2D eigenvalue weighted by molar-refractivity contribution is 7.92. The van der Waals surface area contributed by atoms with E-state index in [-0.39, 0.29) is 23.3 Å². The van der Waals surface area contributed by atoms with Crippen molar-refractivity contribution in [3.05, 3.63) is 22.4 Å². The standard InChI is InChI=1S/C14H21NO3S2/c16-14(15-9-7-12-4-3-10-19-12)8-11-20(17,18)13-5-1-2-6-13/h3-4,10,13H,1-2,5-9,11H2,(H,15,16). The lowest BCUT2D eigenvalue weighted by molar-refractivity contribution is -0.120. The van der Waals surface area contributed by atoms with Crippen molar-refractivity contribution < 1.29 is 13.2 Å². The Bertz CT molecular complexity index is 517. The van der Waals surface area contributed by atoms with Crippen LogP contribution < -0.4 is 5.32 Å². The fourth-order valence-corrected chi connectivity index (χ4v) is 5.08. The summed E-state index contributed by atoms with van der Waals surface area (Å²) >= 11 is 1.66. The maximum Gasteiger partial charge on any atom is 0.221 e. The molecule has 6 heteroatoms. The zero-order chi connectivity index (χ0) is 14.4. The summed E-state index contributed by atoms with van der Waals surface area (Å²) in [5.41, 5.74) is 0. The summed E-state index contributed by atoms with van der Waals surface area (Å²) in [6.45, 7) is 0.572. The van der Waals surface area contributed by atoms with Gasteiger partial charge < -0.3 is 5.32 Å². The van der Waals surface area contributed by atoms with E-state index in [1.54, 1.807) is 11.3 Å². The van der Waals surface area contributed by atoms with Gasteiger partial charge in [-0.3, -0.25) is 4.79 Å². The number of nitrogens with one attached hydrogen (secondary N) is 1. The molecule has 20 heavy (non-hydrogen) atoms. The molecular weight excluding hydrogens is 294 g/mol. The summed E-state index contributed by atoms with van der Waals surface area (Å²) in [6.07, 6.45) is 4.42. The minimum atomic E-state index is -3.08. The normalized spacial score (nSPS) is 16.4. The average Bonchev–Trinajstić information content (AvgIpc) is 3.09. The molecule has 1 heterocycles. The number of carbonyl (C=O) groups excluding carboxylic acids is 1. The smallest absolute Gasteiger partial charge is 0.221 e. The van der Waals surface area contributed by atoms with Crippen molar-refractivity contribution in [2.45, 2.75) is 43.8 Å². The van der Waals surface area contributed by atoms with Crippen LogP contribution in [-0.4, -0.2) is 31.9 Å². The molecule has 1 amide bonds. The molecule has 0 aliphatic heterocycles. The van der Waals surface area contributed by atoms with Crippen LogP contribution in [0.2, 0.25) is 0 Å². The van der Waals surface area contributed by atoms with Crippen LogP contribution in [0.5, 0.6) is 0 Å². The molecule has 0 bridgehead atoms. The molecule has 0 spiro atoms. The molecule has 1 aliphatic carbocycles. The van der Waals surface area contributed by atoms with Crippen LogP contribution in [0.3, 0.4) is 0 Å². The first-order valence-electron chi connectivity index (χ1n) is 7.08. The SMILES string of the molecule is O=C(CCS(=O)(=O)C1CCCC1)NCCc1cccs1. The topological polar surface area (TPSA) is 63.2 Å². The number of carbonyl (C=O) groups is 1. The van der Waals surface area contributed by atoms with Crippen LogP contribution in [0.25, 0.3) is 0 Å². The second kappa shape index (κ2) is 7.22. The third-order valence-corrected chi connectivity index (χ3v) is 6.89. The zero-order valence-electron chi connectivity index (χ0n) is 11.5. The van der Waals surface area contributed by atoms with Crippen molar-refractivity contribution in [1.29, 1.82) is 0 Å². The lowest BCUT2D eigenvalue weighted by atomic mass is 10.3. The van der Waals surface area contributed by atoms with E-state index < -0.39 is 9.84 Å². The van der Waals surface area contributed by atoms with Crippen LogP contribution in [-0.2, 0) is 21.1 Å². The summed E-state index contributed by atoms with van der Waals surface area (Å²) in [5.74, 6) is -0.175. The van der Waals surface area contributed by atoms with Crippen LogP contribution in [0, 0.1) is 0 Å². The van der Waals surface area contributed by atoms with E-state index >= 15 is 0 Å². The second-order valence-corrected chi connectivity index (χ2v) is 8.64. The molecular formula is C14H21NO3S2. The van der Waals surface area contributed by atoms with Gasteiger partial charge in [0.2, 0.25) is 5.91 Å². The van der Waals surface area contributed by atoms with Crippen LogP contribution in [0.1, 0.15) is 37.0 Å². The Labute approximate surface area is 124 Å². The number of thiophene rings is 1. The molecule has 4 nitrogen and oxygen atoms in total. The summed E-state index contributed by atoms with van der Waals surface area (Å²) in [5, 5.41) is 4.59. The second-order valence-electron chi connectivity index (χ2n) is 5.20. The van der Waals surface area contributed by atoms with Crippen molar-refractivity contribution in [1.82, 2.24) is 5.32 Å². The van der Waals surface area contributed by atoms with Gasteiger partial charge in [-0.05, 0) is 30.7 Å². The van der Waals surface area contributed by atoms with Crippen molar-refractivity contribution in [3.63, 3.8) is 0 Å². The predicted octanol–water partition coefficient (Wildman–Crippen LogP) is 2.15. The fraction of sp³-hybridized carbons (Fsp3) is 0.643. The van der Waals surface area contributed by atoms with Gasteiger partial charge in [-0.2, -0.15) is 0 Å². The third kappa shape index (κ3) is 4.59. The minimum absolute atomic E-state index is 0.0114. The summed E-state index contributed by atoms with van der Waals surface area (Å²) in [6, 6.07) is 4.01. The molecule has 1 aliphatic rings. The molecule has 2 rings (SSSR count). The lowest BCUT2D eigenvalue weighted by Crippen LogP contribution is -2.29. The fourth-order valence-electron chi connectivity index (χ4n) is 2.52. The number of amides is 1. The van der Waals surface area contributed by atoms with Crippen molar-refractivity contribution in [3.8, 4) is 0 Å². The number of sulfone groups is 1. The van der Waals surface area contributed by atoms with E-state index in [4.69, 9.17) is 0 Å². The van der Waals surface area contributed by atoms with Gasteiger partial charge in [-0.1, -0.05) is 18.9 Å². The molecule has 0 unspecified atom stereocenters. The maximum atomic E-state index is 12.0. The Hall–Kier alpha value is -0.880. The Balaban J connectivity index is 1.66. The zero-order valence-corrected chi connectivity index (χ0v) is 13.1. The predicted molar refractivity (Wildman–Crippen MR) is 81.7 cm³/mol. The number of rotatable bonds is 7. The number of hydrogen-bond acceptors (Lipinski definition) is 4. The lowest BCUT2D eigenvalue weighted by Gasteiger charge is -2.10. The monoisotopic (exact) mass is 315 g/mol. The van der Waals surface area contributed by atoms with Gasteiger partial charge in [-0.15, -0.1) is 11.3 Å². The van der Waals surface area contributed by atoms with E-state index in [9.17, 15) is 13.2 Å². The first-order chi connectivity index (χ1) is 9.58. The van der Waals surface area contributed by atoms with E-state index in [1.165, 1.54) is 4.88 Å². The van der Waals surface area contributed by atoms with Gasteiger partial charge in [0.25, 0.3) is 0 Å². The van der Waals surface area contributed by atoms with Gasteiger partial charge in [0.1, 0.15) is 0 Å². The Morgan fingerprint density at radius 1 is 1.35 bits per heavy atom. The highest BCUT2D eigenvalue weighted by Gasteiger charge is 2.28. The minimum Gasteiger partial charge on any atom is -0.356 e. The third-order valence-electron chi connectivity index (χ3n) is 3.70. The molecule has 1 saturated carbocycles. The molecule has 0 aromatic carbocycles. The molecule has 1 aromatic rings. The van der Waals surface area contributed by atoms with Gasteiger partial charge in [0.05, 0.1) is 11.0 Å². The van der Waals surface area contributed by atoms with Crippen molar-refractivity contribution in [2.75, 3.05) is 12.3 Å². The Morgan fingerprint density at radius 2 is 2.10 bits per heavy atom. The first-order valence-corrected chi connectivity index (χ1v) is 9.68. The number of hydrogen-bond donors (Lipinski definition) is 1. The van der Waals surface area contributed by atoms with E-state index in [2.05, 4.69) is 5.32 Å². The van der Waals surface area contributed by atoms with Gasteiger partial charge in [0, 0.05) is 17.8 Å². The average molecular weight is 315 g/mol. The van der Waals surface area contributed by atoms with Crippen LogP contribution in [0.4, 0.5) is 0 Å². The van der Waals surface area contributed by atoms with Gasteiger partial charge >= 0.3 is 0 Å². The highest BCUT2D eigenvalue weighted by Crippen LogP contribution is 2.25. The maximum absolute atomic E-state index is 12.0. The summed E-state index contributed by atoms with van der Waals surface area (Å²) in [7, 11) is -3.08. The highest BCUT2D eigenvalue weighted by atomic mass is 32.2. The quantitative estimate of drug-likeness (QED) is 0.838. The first kappa shape index (κ1) is 15.5. The molecule has 1 fully saturated rings. The van der Waals surface area contributed by atoms with Crippen LogP contribution in [0.15, 0.2) is 17.5 Å². The molecule has 112 valence electrons. The van der Waals surface area contributed by atoms with E-state index in [0.29, 0.717) is 6.54 Å². The van der Waals surface area contributed by atoms with Crippen LogP contribution >= 0.6 is 11.3 Å². The van der Waals surface area contributed by atoms with E-state index in [1.807, 2.05) is 17.5 Å². The molecule has 1 N–H and O–H groups in total.